The summed E-state index contributed by atoms with van der Waals surface area (Å²) in [5, 5.41) is 16.0. The van der Waals surface area contributed by atoms with Crippen LogP contribution in [0, 0.1) is 17.1 Å². The molecule has 6 nitrogen and oxygen atoms in total. The molecule has 2 aromatic heterocycles. The fourth-order valence-corrected chi connectivity index (χ4v) is 3.32. The number of halogens is 4. The van der Waals surface area contributed by atoms with Crippen molar-refractivity contribution in [2.24, 2.45) is 0 Å². The number of carbonyl (C=O) groups excluding carboxylic acids is 1. The van der Waals surface area contributed by atoms with Crippen LogP contribution < -0.4 is 5.32 Å². The van der Waals surface area contributed by atoms with Crippen molar-refractivity contribution in [1.82, 2.24) is 20.1 Å². The van der Waals surface area contributed by atoms with Gasteiger partial charge in [-0.2, -0.15) is 23.5 Å². The summed E-state index contributed by atoms with van der Waals surface area (Å²) in [6.07, 6.45) is -2.94. The number of pyridine rings is 1. The van der Waals surface area contributed by atoms with Gasteiger partial charge in [0.1, 0.15) is 17.6 Å². The molecule has 0 saturated carbocycles. The minimum atomic E-state index is -4.56. The number of rotatable bonds is 3. The Labute approximate surface area is 167 Å². The first kappa shape index (κ1) is 19.6. The van der Waals surface area contributed by atoms with E-state index in [1.807, 2.05) is 0 Å². The Morgan fingerprint density at radius 2 is 2.03 bits per heavy atom. The Bertz CT molecular complexity index is 1180. The predicted molar refractivity (Wildman–Crippen MR) is 96.4 cm³/mol. The van der Waals surface area contributed by atoms with Crippen LogP contribution in [0.1, 0.15) is 39.8 Å². The van der Waals surface area contributed by atoms with Crippen molar-refractivity contribution in [2.45, 2.75) is 25.2 Å². The van der Waals surface area contributed by atoms with Crippen LogP contribution in [0.2, 0.25) is 0 Å². The van der Waals surface area contributed by atoms with Crippen LogP contribution in [-0.2, 0) is 12.7 Å². The average molecular weight is 415 g/mol. The lowest BCUT2D eigenvalue weighted by Gasteiger charge is -2.12. The van der Waals surface area contributed by atoms with Crippen LogP contribution in [0.15, 0.2) is 42.6 Å². The molecule has 10 heteroatoms. The Balaban J connectivity index is 1.57. The standard InChI is InChI=1S/C20H13F4N5O/c21-14-2-1-12(7-13(14)10-25)19(30)27-15-4-6-29-17(15)9-16(28-29)11-3-5-26-18(8-11)20(22,23)24/h1-3,5,7-9,15H,4,6H2,(H,27,30)/t15-/m1/s1. The van der Waals surface area contributed by atoms with E-state index in [4.69, 9.17) is 5.26 Å². The molecule has 0 unspecified atom stereocenters. The number of alkyl halides is 3. The summed E-state index contributed by atoms with van der Waals surface area (Å²) in [5.41, 5.74) is 0.135. The zero-order valence-corrected chi connectivity index (χ0v) is 15.2. The number of fused-ring (bicyclic) bond motifs is 1. The monoisotopic (exact) mass is 415 g/mol. The van der Waals surface area contributed by atoms with Gasteiger partial charge in [-0.05, 0) is 42.8 Å². The Morgan fingerprint density at radius 1 is 1.23 bits per heavy atom. The quantitative estimate of drug-likeness (QED) is 0.659. The number of aryl methyl sites for hydroxylation is 1. The summed E-state index contributed by atoms with van der Waals surface area (Å²) in [4.78, 5) is 15.9. The van der Waals surface area contributed by atoms with E-state index in [9.17, 15) is 22.4 Å². The highest BCUT2D eigenvalue weighted by Crippen LogP contribution is 2.33. The lowest BCUT2D eigenvalue weighted by molar-refractivity contribution is -0.141. The predicted octanol–water partition coefficient (Wildman–Crippen LogP) is 3.85. The smallest absolute Gasteiger partial charge is 0.344 e. The molecule has 0 saturated heterocycles. The molecule has 0 radical (unpaired) electrons. The van der Waals surface area contributed by atoms with Gasteiger partial charge in [-0.1, -0.05) is 0 Å². The maximum absolute atomic E-state index is 13.5. The normalized spacial score (nSPS) is 15.5. The fraction of sp³-hybridized carbons (Fsp3) is 0.200. The molecule has 0 spiro atoms. The van der Waals surface area contributed by atoms with E-state index in [-0.39, 0.29) is 16.7 Å². The number of aromatic nitrogens is 3. The second-order valence-electron chi connectivity index (χ2n) is 6.73. The van der Waals surface area contributed by atoms with Crippen LogP contribution in [0.4, 0.5) is 17.6 Å². The number of amides is 1. The minimum Gasteiger partial charge on any atom is -0.344 e. The van der Waals surface area contributed by atoms with Crippen molar-refractivity contribution in [3.8, 4) is 17.3 Å². The van der Waals surface area contributed by atoms with Crippen molar-refractivity contribution < 1.29 is 22.4 Å². The van der Waals surface area contributed by atoms with Gasteiger partial charge in [-0.25, -0.2) is 4.39 Å². The maximum atomic E-state index is 13.5. The molecule has 1 aliphatic rings. The first-order valence-electron chi connectivity index (χ1n) is 8.88. The van der Waals surface area contributed by atoms with E-state index in [0.29, 0.717) is 24.4 Å². The van der Waals surface area contributed by atoms with E-state index in [2.05, 4.69) is 15.4 Å². The summed E-state index contributed by atoms with van der Waals surface area (Å²) < 4.78 is 53.8. The van der Waals surface area contributed by atoms with Gasteiger partial charge in [0.25, 0.3) is 5.91 Å². The third-order valence-electron chi connectivity index (χ3n) is 4.80. The summed E-state index contributed by atoms with van der Waals surface area (Å²) in [7, 11) is 0. The summed E-state index contributed by atoms with van der Waals surface area (Å²) >= 11 is 0. The van der Waals surface area contributed by atoms with Gasteiger partial charge in [-0.15, -0.1) is 0 Å². The first-order chi connectivity index (χ1) is 14.3. The van der Waals surface area contributed by atoms with E-state index in [0.717, 1.165) is 24.4 Å². The molecule has 0 bridgehead atoms. The Kier molecular flexibility index (Phi) is 4.73. The number of hydrogen-bond acceptors (Lipinski definition) is 4. The molecule has 1 atom stereocenters. The summed E-state index contributed by atoms with van der Waals surface area (Å²) in [5.74, 6) is -1.20. The van der Waals surface area contributed by atoms with Crippen molar-refractivity contribution in [3.05, 3.63) is 70.9 Å². The second-order valence-corrected chi connectivity index (χ2v) is 6.73. The summed E-state index contributed by atoms with van der Waals surface area (Å²) in [6.45, 7) is 0.477. The van der Waals surface area contributed by atoms with Crippen LogP contribution in [0.25, 0.3) is 11.3 Å². The number of nitrogens with zero attached hydrogens (tertiary/aromatic N) is 4. The van der Waals surface area contributed by atoms with Crippen molar-refractivity contribution in [3.63, 3.8) is 0 Å². The number of nitrogens with one attached hydrogen (secondary N) is 1. The third kappa shape index (κ3) is 3.61. The highest BCUT2D eigenvalue weighted by Gasteiger charge is 2.33. The molecule has 30 heavy (non-hydrogen) atoms. The number of hydrogen-bond donors (Lipinski definition) is 1. The minimum absolute atomic E-state index is 0.134. The molecule has 3 heterocycles. The van der Waals surface area contributed by atoms with Crippen molar-refractivity contribution in [1.29, 1.82) is 5.26 Å². The molecule has 152 valence electrons. The number of carbonyl (C=O) groups is 1. The average Bonchev–Trinajstić information content (AvgIpc) is 3.30. The fourth-order valence-electron chi connectivity index (χ4n) is 3.32. The maximum Gasteiger partial charge on any atom is 0.433 e. The SMILES string of the molecule is N#Cc1cc(C(=O)N[C@@H]2CCn3nc(-c4ccnc(C(F)(F)F)c4)cc32)ccc1F. The van der Waals surface area contributed by atoms with Gasteiger partial charge in [0, 0.05) is 23.9 Å². The second kappa shape index (κ2) is 7.26. The zero-order valence-electron chi connectivity index (χ0n) is 15.2. The molecule has 3 aromatic rings. The van der Waals surface area contributed by atoms with E-state index >= 15 is 0 Å². The lowest BCUT2D eigenvalue weighted by atomic mass is 10.1. The lowest BCUT2D eigenvalue weighted by Crippen LogP contribution is -2.27. The number of nitriles is 1. The molecule has 4 rings (SSSR count). The van der Waals surface area contributed by atoms with Gasteiger partial charge in [0.05, 0.1) is 23.0 Å². The molecule has 0 fully saturated rings. The van der Waals surface area contributed by atoms with Crippen LogP contribution >= 0.6 is 0 Å². The molecule has 0 aliphatic carbocycles. The highest BCUT2D eigenvalue weighted by molar-refractivity contribution is 5.94. The first-order valence-corrected chi connectivity index (χ1v) is 8.88. The van der Waals surface area contributed by atoms with E-state index in [1.54, 1.807) is 16.8 Å². The van der Waals surface area contributed by atoms with Gasteiger partial charge >= 0.3 is 6.18 Å². The van der Waals surface area contributed by atoms with Crippen LogP contribution in [0.5, 0.6) is 0 Å². The van der Waals surface area contributed by atoms with Crippen LogP contribution in [0.3, 0.4) is 0 Å². The van der Waals surface area contributed by atoms with Crippen molar-refractivity contribution >= 4 is 5.91 Å². The van der Waals surface area contributed by atoms with Gasteiger partial charge in [0.15, 0.2) is 0 Å². The van der Waals surface area contributed by atoms with Crippen molar-refractivity contribution in [2.75, 3.05) is 0 Å². The molecule has 1 N–H and O–H groups in total. The molecule has 1 aromatic carbocycles. The Morgan fingerprint density at radius 3 is 2.77 bits per heavy atom. The molecular weight excluding hydrogens is 402 g/mol. The van der Waals surface area contributed by atoms with Crippen LogP contribution in [-0.4, -0.2) is 20.7 Å². The van der Waals surface area contributed by atoms with Gasteiger partial charge < -0.3 is 5.32 Å². The highest BCUT2D eigenvalue weighted by atomic mass is 19.4. The molecule has 1 amide bonds. The molecular formula is C20H13F4N5O. The molecule has 1 aliphatic heterocycles. The number of benzene rings is 1. The zero-order chi connectivity index (χ0) is 21.5. The third-order valence-corrected chi connectivity index (χ3v) is 4.80. The van der Waals surface area contributed by atoms with E-state index in [1.165, 1.54) is 12.1 Å². The van der Waals surface area contributed by atoms with Gasteiger partial charge in [0.2, 0.25) is 0 Å². The Hall–Kier alpha value is -3.74. The summed E-state index contributed by atoms with van der Waals surface area (Å²) in [6, 6.07) is 8.73. The van der Waals surface area contributed by atoms with E-state index < -0.39 is 29.6 Å². The largest absolute Gasteiger partial charge is 0.433 e. The topological polar surface area (TPSA) is 83.6 Å². The van der Waals surface area contributed by atoms with Gasteiger partial charge in [-0.3, -0.25) is 14.5 Å².